The van der Waals surface area contributed by atoms with Crippen molar-refractivity contribution in [1.29, 1.82) is 0 Å². The summed E-state index contributed by atoms with van der Waals surface area (Å²) in [6, 6.07) is 17.4. The maximum Gasteiger partial charge on any atom is 0.407 e. The normalized spacial score (nSPS) is 12.9. The summed E-state index contributed by atoms with van der Waals surface area (Å²) in [6.07, 6.45) is -0.171. The Balaban J connectivity index is 1.42. The number of ether oxygens (including phenoxy) is 1. The van der Waals surface area contributed by atoms with E-state index in [2.05, 4.69) is 15.6 Å². The quantitative estimate of drug-likeness (QED) is 0.453. The molecule has 0 aliphatic heterocycles. The van der Waals surface area contributed by atoms with Gasteiger partial charge in [-0.3, -0.25) is 9.59 Å². The summed E-state index contributed by atoms with van der Waals surface area (Å²) in [5, 5.41) is 14.3. The summed E-state index contributed by atoms with van der Waals surface area (Å²) in [7, 11) is 0. The number of amides is 2. The van der Waals surface area contributed by atoms with Gasteiger partial charge < -0.3 is 20.5 Å². The van der Waals surface area contributed by atoms with Gasteiger partial charge in [-0.25, -0.2) is 9.78 Å². The minimum Gasteiger partial charge on any atom is -0.481 e. The maximum atomic E-state index is 12.6. The van der Waals surface area contributed by atoms with Crippen LogP contribution in [0.25, 0.3) is 11.1 Å². The molecule has 4 rings (SSSR count). The molecule has 0 bridgehead atoms. The molecule has 1 heterocycles. The molecular weight excluding hydrogens is 446 g/mol. The third-order valence-electron chi connectivity index (χ3n) is 5.33. The number of carboxylic acids is 1. The number of benzene rings is 2. The highest BCUT2D eigenvalue weighted by atomic mass is 35.5. The van der Waals surface area contributed by atoms with Crippen molar-refractivity contribution in [1.82, 2.24) is 10.3 Å². The van der Waals surface area contributed by atoms with Gasteiger partial charge in [0.1, 0.15) is 17.8 Å². The van der Waals surface area contributed by atoms with Gasteiger partial charge in [0.05, 0.1) is 18.3 Å². The van der Waals surface area contributed by atoms with E-state index in [1.54, 1.807) is 0 Å². The van der Waals surface area contributed by atoms with E-state index in [0.717, 1.165) is 22.3 Å². The molecule has 1 aliphatic rings. The third kappa shape index (κ3) is 5.12. The lowest BCUT2D eigenvalue weighted by atomic mass is 9.98. The Bertz CT molecular complexity index is 1150. The van der Waals surface area contributed by atoms with Crippen LogP contribution in [0.2, 0.25) is 5.15 Å². The van der Waals surface area contributed by atoms with Crippen molar-refractivity contribution in [3.05, 3.63) is 83.1 Å². The van der Waals surface area contributed by atoms with E-state index in [1.807, 2.05) is 48.5 Å². The summed E-state index contributed by atoms with van der Waals surface area (Å²) >= 11 is 5.73. The van der Waals surface area contributed by atoms with Crippen LogP contribution in [0, 0.1) is 0 Å². The van der Waals surface area contributed by atoms with Gasteiger partial charge in [0, 0.05) is 5.92 Å². The lowest BCUT2D eigenvalue weighted by Crippen LogP contribution is -2.45. The summed E-state index contributed by atoms with van der Waals surface area (Å²) in [6.45, 7) is 0.0440. The topological polar surface area (TPSA) is 118 Å². The van der Waals surface area contributed by atoms with Crippen LogP contribution in [0.3, 0.4) is 0 Å². The second-order valence-corrected chi connectivity index (χ2v) is 7.87. The molecule has 3 aromatic rings. The fraction of sp³-hybridized carbons (Fsp3) is 0.167. The number of hydrogen-bond donors (Lipinski definition) is 3. The Hall–Kier alpha value is -3.91. The van der Waals surface area contributed by atoms with Crippen LogP contribution in [0.15, 0.2) is 66.9 Å². The van der Waals surface area contributed by atoms with Crippen molar-refractivity contribution in [3.63, 3.8) is 0 Å². The van der Waals surface area contributed by atoms with E-state index in [0.29, 0.717) is 5.69 Å². The van der Waals surface area contributed by atoms with Crippen molar-refractivity contribution in [2.24, 2.45) is 0 Å². The Morgan fingerprint density at radius 3 is 2.21 bits per heavy atom. The Kier molecular flexibility index (Phi) is 6.55. The van der Waals surface area contributed by atoms with Crippen LogP contribution in [0.4, 0.5) is 10.5 Å². The number of aromatic nitrogens is 1. The highest BCUT2D eigenvalue weighted by Crippen LogP contribution is 2.44. The van der Waals surface area contributed by atoms with E-state index < -0.39 is 30.4 Å². The van der Waals surface area contributed by atoms with Crippen molar-refractivity contribution in [2.45, 2.75) is 18.4 Å². The molecule has 1 aromatic heterocycles. The van der Waals surface area contributed by atoms with Gasteiger partial charge in [-0.2, -0.15) is 0 Å². The SMILES string of the molecule is O=C(O)CC(NC(=O)OCC1c2ccccc2-c2ccccc21)C(=O)Nc1ccc(Cl)nc1. The Morgan fingerprint density at radius 2 is 1.64 bits per heavy atom. The fourth-order valence-electron chi connectivity index (χ4n) is 3.85. The third-order valence-corrected chi connectivity index (χ3v) is 5.55. The summed E-state index contributed by atoms with van der Waals surface area (Å²) in [5.41, 5.74) is 4.57. The van der Waals surface area contributed by atoms with Crippen LogP contribution < -0.4 is 10.6 Å². The molecule has 0 saturated heterocycles. The van der Waals surface area contributed by atoms with E-state index in [4.69, 9.17) is 21.4 Å². The number of pyridine rings is 1. The number of carboxylic acid groups (broad SMARTS) is 1. The number of halogens is 1. The largest absolute Gasteiger partial charge is 0.481 e. The van der Waals surface area contributed by atoms with Gasteiger partial charge in [0.25, 0.3) is 0 Å². The first kappa shape index (κ1) is 22.3. The maximum absolute atomic E-state index is 12.6. The summed E-state index contributed by atoms with van der Waals surface area (Å²) < 4.78 is 5.42. The molecule has 1 unspecified atom stereocenters. The van der Waals surface area contributed by atoms with Crippen molar-refractivity contribution in [3.8, 4) is 11.1 Å². The highest BCUT2D eigenvalue weighted by Gasteiger charge is 2.30. The average Bonchev–Trinajstić information content (AvgIpc) is 3.12. The Morgan fingerprint density at radius 1 is 1.00 bits per heavy atom. The van der Waals surface area contributed by atoms with Crippen LogP contribution in [0.1, 0.15) is 23.5 Å². The smallest absolute Gasteiger partial charge is 0.407 e. The minimum absolute atomic E-state index is 0.0440. The van der Waals surface area contributed by atoms with E-state index in [1.165, 1.54) is 18.3 Å². The van der Waals surface area contributed by atoms with Crippen molar-refractivity contribution >= 4 is 35.3 Å². The van der Waals surface area contributed by atoms with Gasteiger partial charge >= 0.3 is 12.1 Å². The van der Waals surface area contributed by atoms with Crippen LogP contribution in [-0.2, 0) is 14.3 Å². The van der Waals surface area contributed by atoms with E-state index >= 15 is 0 Å². The molecule has 0 fully saturated rings. The molecule has 168 valence electrons. The van der Waals surface area contributed by atoms with E-state index in [9.17, 15) is 14.4 Å². The molecule has 1 aliphatic carbocycles. The van der Waals surface area contributed by atoms with Gasteiger partial charge in [0.15, 0.2) is 0 Å². The molecule has 8 nitrogen and oxygen atoms in total. The van der Waals surface area contributed by atoms with Crippen LogP contribution >= 0.6 is 11.6 Å². The first-order valence-corrected chi connectivity index (χ1v) is 10.6. The second-order valence-electron chi connectivity index (χ2n) is 7.48. The molecule has 3 N–H and O–H groups in total. The number of nitrogens with one attached hydrogen (secondary N) is 2. The lowest BCUT2D eigenvalue weighted by molar-refractivity contribution is -0.139. The number of carbonyl (C=O) groups is 3. The molecule has 1 atom stereocenters. The number of fused-ring (bicyclic) bond motifs is 3. The van der Waals surface area contributed by atoms with Crippen molar-refractivity contribution < 1.29 is 24.2 Å². The number of hydrogen-bond acceptors (Lipinski definition) is 5. The van der Waals surface area contributed by atoms with E-state index in [-0.39, 0.29) is 17.7 Å². The van der Waals surface area contributed by atoms with Crippen LogP contribution in [0.5, 0.6) is 0 Å². The highest BCUT2D eigenvalue weighted by molar-refractivity contribution is 6.29. The first-order chi connectivity index (χ1) is 15.9. The van der Waals surface area contributed by atoms with Gasteiger partial charge in [-0.05, 0) is 34.4 Å². The number of alkyl carbamates (subject to hydrolysis) is 1. The second kappa shape index (κ2) is 9.70. The number of anilines is 1. The molecular formula is C24H20ClN3O5. The molecule has 9 heteroatoms. The average molecular weight is 466 g/mol. The van der Waals surface area contributed by atoms with Gasteiger partial charge in [-0.1, -0.05) is 60.1 Å². The Labute approximate surface area is 194 Å². The zero-order valence-electron chi connectivity index (χ0n) is 17.3. The molecule has 0 saturated carbocycles. The standard InChI is InChI=1S/C24H20ClN3O5/c25-21-10-9-14(12-26-21)27-23(31)20(11-22(29)30)28-24(32)33-13-19-17-7-3-1-5-15(17)16-6-2-4-8-18(16)19/h1-10,12,19-20H,11,13H2,(H,27,31)(H,28,32)(H,29,30). The molecule has 2 amide bonds. The monoisotopic (exact) mass is 465 g/mol. The first-order valence-electron chi connectivity index (χ1n) is 10.2. The number of carbonyl (C=O) groups excluding carboxylic acids is 2. The zero-order chi connectivity index (χ0) is 23.4. The number of aliphatic carboxylic acids is 1. The molecule has 33 heavy (non-hydrogen) atoms. The minimum atomic E-state index is -1.34. The predicted molar refractivity (Wildman–Crippen MR) is 122 cm³/mol. The number of rotatable bonds is 7. The molecule has 2 aromatic carbocycles. The van der Waals surface area contributed by atoms with Crippen molar-refractivity contribution in [2.75, 3.05) is 11.9 Å². The number of nitrogens with zero attached hydrogens (tertiary/aromatic N) is 1. The fourth-order valence-corrected chi connectivity index (χ4v) is 3.96. The molecule has 0 radical (unpaired) electrons. The van der Waals surface area contributed by atoms with Crippen LogP contribution in [-0.4, -0.2) is 40.7 Å². The summed E-state index contributed by atoms with van der Waals surface area (Å²) in [4.78, 5) is 40.1. The zero-order valence-corrected chi connectivity index (χ0v) is 18.1. The lowest BCUT2D eigenvalue weighted by Gasteiger charge is -2.18. The predicted octanol–water partition coefficient (Wildman–Crippen LogP) is 4.06. The molecule has 0 spiro atoms. The van der Waals surface area contributed by atoms with Gasteiger partial charge in [-0.15, -0.1) is 0 Å². The summed E-state index contributed by atoms with van der Waals surface area (Å²) in [5.74, 6) is -2.12. The van der Waals surface area contributed by atoms with Gasteiger partial charge in [0.2, 0.25) is 5.91 Å².